The molecule has 0 radical (unpaired) electrons. The number of hydrogen-bond acceptors (Lipinski definition) is 4. The number of allylic oxidation sites excluding steroid dienone is 1. The molecule has 0 bridgehead atoms. The van der Waals surface area contributed by atoms with Crippen LogP contribution >= 0.6 is 0 Å². The first-order chi connectivity index (χ1) is 11.7. The van der Waals surface area contributed by atoms with Crippen molar-refractivity contribution in [3.05, 3.63) is 71.3 Å². The average Bonchev–Trinajstić information content (AvgIpc) is 2.64. The number of rotatable bonds is 9. The fourth-order valence-electron chi connectivity index (χ4n) is 2.22. The van der Waals surface area contributed by atoms with Crippen LogP contribution in [0.1, 0.15) is 21.5 Å². The van der Waals surface area contributed by atoms with Crippen molar-refractivity contribution in [3.63, 3.8) is 0 Å². The zero-order valence-corrected chi connectivity index (χ0v) is 14.1. The minimum absolute atomic E-state index is 0.00967. The maximum absolute atomic E-state index is 12.3. The van der Waals surface area contributed by atoms with Gasteiger partial charge in [-0.2, -0.15) is 0 Å². The Hall–Kier alpha value is -2.43. The molecule has 0 aliphatic rings. The number of benzene rings is 2. The van der Waals surface area contributed by atoms with Gasteiger partial charge in [-0.15, -0.1) is 0 Å². The summed E-state index contributed by atoms with van der Waals surface area (Å²) in [6.07, 6.45) is 3.41. The Kier molecular flexibility index (Phi) is 7.21. The van der Waals surface area contributed by atoms with Crippen molar-refractivity contribution in [2.75, 3.05) is 27.4 Å². The predicted octanol–water partition coefficient (Wildman–Crippen LogP) is 3.33. The zero-order chi connectivity index (χ0) is 17.2. The molecule has 0 spiro atoms. The minimum Gasteiger partial charge on any atom is -0.497 e. The number of methoxy groups -OCH3 is 2. The molecule has 0 fully saturated rings. The van der Waals surface area contributed by atoms with Gasteiger partial charge in [-0.3, -0.25) is 4.79 Å². The van der Waals surface area contributed by atoms with Crippen LogP contribution in [0.3, 0.4) is 0 Å². The summed E-state index contributed by atoms with van der Waals surface area (Å²) in [5, 5.41) is 3.27. The smallest absolute Gasteiger partial charge is 0.185 e. The van der Waals surface area contributed by atoms with Crippen LogP contribution in [0.15, 0.2) is 54.6 Å². The summed E-state index contributed by atoms with van der Waals surface area (Å²) >= 11 is 0. The molecule has 126 valence electrons. The van der Waals surface area contributed by atoms with Crippen molar-refractivity contribution in [1.82, 2.24) is 5.32 Å². The fourth-order valence-corrected chi connectivity index (χ4v) is 2.22. The van der Waals surface area contributed by atoms with Gasteiger partial charge in [0.25, 0.3) is 0 Å². The summed E-state index contributed by atoms with van der Waals surface area (Å²) in [6, 6.07) is 15.2. The van der Waals surface area contributed by atoms with Gasteiger partial charge in [0, 0.05) is 25.8 Å². The number of nitrogens with one attached hydrogen (secondary N) is 1. The largest absolute Gasteiger partial charge is 0.497 e. The average molecular weight is 325 g/mol. The molecular formula is C20H23NO3. The summed E-state index contributed by atoms with van der Waals surface area (Å²) in [7, 11) is 3.31. The monoisotopic (exact) mass is 325 g/mol. The molecule has 0 aliphatic heterocycles. The van der Waals surface area contributed by atoms with E-state index >= 15 is 0 Å². The van der Waals surface area contributed by atoms with Gasteiger partial charge in [0.2, 0.25) is 0 Å². The van der Waals surface area contributed by atoms with Crippen LogP contribution in [0.25, 0.3) is 6.08 Å². The third-order valence-electron chi connectivity index (χ3n) is 3.57. The molecule has 0 heterocycles. The number of ether oxygens (including phenoxy) is 2. The highest BCUT2D eigenvalue weighted by Crippen LogP contribution is 2.13. The molecule has 0 saturated carbocycles. The van der Waals surface area contributed by atoms with Crippen molar-refractivity contribution >= 4 is 11.9 Å². The lowest BCUT2D eigenvalue weighted by atomic mass is 10.1. The molecular weight excluding hydrogens is 302 g/mol. The second-order valence-electron chi connectivity index (χ2n) is 5.34. The first-order valence-corrected chi connectivity index (χ1v) is 7.88. The van der Waals surface area contributed by atoms with Crippen LogP contribution in [-0.2, 0) is 11.3 Å². The predicted molar refractivity (Wildman–Crippen MR) is 96.4 cm³/mol. The second kappa shape index (κ2) is 9.65. The molecule has 4 heteroatoms. The van der Waals surface area contributed by atoms with E-state index in [0.29, 0.717) is 18.7 Å². The third-order valence-corrected chi connectivity index (χ3v) is 3.57. The number of carbonyl (C=O) groups is 1. The van der Waals surface area contributed by atoms with E-state index in [-0.39, 0.29) is 5.78 Å². The topological polar surface area (TPSA) is 47.6 Å². The molecule has 2 rings (SSSR count). The Morgan fingerprint density at radius 1 is 1.12 bits per heavy atom. The molecule has 0 aliphatic carbocycles. The maximum atomic E-state index is 12.3. The molecule has 2 aromatic carbocycles. The molecule has 1 N–H and O–H groups in total. The van der Waals surface area contributed by atoms with Crippen LogP contribution in [0.2, 0.25) is 0 Å². The zero-order valence-electron chi connectivity index (χ0n) is 14.1. The molecule has 24 heavy (non-hydrogen) atoms. The molecule has 2 aromatic rings. The van der Waals surface area contributed by atoms with Crippen molar-refractivity contribution in [2.24, 2.45) is 0 Å². The molecule has 0 aromatic heterocycles. The van der Waals surface area contributed by atoms with Crippen molar-refractivity contribution in [2.45, 2.75) is 6.54 Å². The van der Waals surface area contributed by atoms with Crippen molar-refractivity contribution in [3.8, 4) is 5.75 Å². The Balaban J connectivity index is 1.96. The molecule has 4 nitrogen and oxygen atoms in total. The first kappa shape index (κ1) is 17.9. The van der Waals surface area contributed by atoms with E-state index in [9.17, 15) is 4.79 Å². The number of carbonyl (C=O) groups excluding carboxylic acids is 1. The SMILES string of the molecule is COCCNCc1cccc(C(=O)/C=C/c2ccc(OC)cc2)c1. The van der Waals surface area contributed by atoms with E-state index in [1.165, 1.54) is 0 Å². The van der Waals surface area contributed by atoms with Gasteiger partial charge in [-0.05, 0) is 35.4 Å². The van der Waals surface area contributed by atoms with Gasteiger partial charge in [-0.25, -0.2) is 0 Å². The number of ketones is 1. The van der Waals surface area contributed by atoms with Gasteiger partial charge < -0.3 is 14.8 Å². The molecule has 0 atom stereocenters. The quantitative estimate of drug-likeness (QED) is 0.436. The molecule has 0 unspecified atom stereocenters. The van der Waals surface area contributed by atoms with Crippen LogP contribution in [-0.4, -0.2) is 33.2 Å². The summed E-state index contributed by atoms with van der Waals surface area (Å²) in [6.45, 7) is 2.17. The standard InChI is InChI=1S/C20H23NO3/c1-23-13-12-21-15-17-4-3-5-18(14-17)20(22)11-8-16-6-9-19(24-2)10-7-16/h3-11,14,21H,12-13,15H2,1-2H3/b11-8+. The maximum Gasteiger partial charge on any atom is 0.185 e. The highest BCUT2D eigenvalue weighted by Gasteiger charge is 2.03. The number of hydrogen-bond donors (Lipinski definition) is 1. The summed E-state index contributed by atoms with van der Waals surface area (Å²) < 4.78 is 10.1. The normalized spacial score (nSPS) is 10.9. The van der Waals surface area contributed by atoms with Gasteiger partial charge in [0.05, 0.1) is 13.7 Å². The first-order valence-electron chi connectivity index (χ1n) is 7.88. The van der Waals surface area contributed by atoms with E-state index in [2.05, 4.69) is 5.32 Å². The van der Waals surface area contributed by atoms with E-state index in [1.54, 1.807) is 20.3 Å². The Morgan fingerprint density at radius 3 is 2.62 bits per heavy atom. The summed E-state index contributed by atoms with van der Waals surface area (Å²) in [4.78, 5) is 12.3. The van der Waals surface area contributed by atoms with Gasteiger partial charge in [0.15, 0.2) is 5.78 Å². The minimum atomic E-state index is -0.00967. The van der Waals surface area contributed by atoms with Crippen LogP contribution in [0.4, 0.5) is 0 Å². The summed E-state index contributed by atoms with van der Waals surface area (Å²) in [5.74, 6) is 0.789. The van der Waals surface area contributed by atoms with Crippen LogP contribution < -0.4 is 10.1 Å². The van der Waals surface area contributed by atoms with Crippen LogP contribution in [0, 0.1) is 0 Å². The van der Waals surface area contributed by atoms with Gasteiger partial charge in [-0.1, -0.05) is 36.4 Å². The Labute approximate surface area is 143 Å². The highest BCUT2D eigenvalue weighted by atomic mass is 16.5. The Morgan fingerprint density at radius 2 is 1.92 bits per heavy atom. The van der Waals surface area contributed by atoms with E-state index < -0.39 is 0 Å². The molecule has 0 amide bonds. The van der Waals surface area contributed by atoms with E-state index in [4.69, 9.17) is 9.47 Å². The lowest BCUT2D eigenvalue weighted by Gasteiger charge is -2.05. The fraction of sp³-hybridized carbons (Fsp3) is 0.250. The van der Waals surface area contributed by atoms with E-state index in [0.717, 1.165) is 23.4 Å². The van der Waals surface area contributed by atoms with Gasteiger partial charge >= 0.3 is 0 Å². The van der Waals surface area contributed by atoms with Crippen LogP contribution in [0.5, 0.6) is 5.75 Å². The molecule has 0 saturated heterocycles. The highest BCUT2D eigenvalue weighted by molar-refractivity contribution is 6.06. The Bertz CT molecular complexity index is 678. The lowest BCUT2D eigenvalue weighted by molar-refractivity contribution is 0.104. The van der Waals surface area contributed by atoms with Gasteiger partial charge in [0.1, 0.15) is 5.75 Å². The van der Waals surface area contributed by atoms with Crippen molar-refractivity contribution < 1.29 is 14.3 Å². The van der Waals surface area contributed by atoms with E-state index in [1.807, 2.05) is 54.6 Å². The lowest BCUT2D eigenvalue weighted by Crippen LogP contribution is -2.18. The second-order valence-corrected chi connectivity index (χ2v) is 5.34. The van der Waals surface area contributed by atoms with Crippen molar-refractivity contribution in [1.29, 1.82) is 0 Å². The third kappa shape index (κ3) is 5.65. The summed E-state index contributed by atoms with van der Waals surface area (Å²) in [5.41, 5.74) is 2.72.